The summed E-state index contributed by atoms with van der Waals surface area (Å²) in [5, 5.41) is 1.57. The molecule has 0 bridgehead atoms. The molecule has 122 valence electrons. The quantitative estimate of drug-likeness (QED) is 0.867. The number of rotatable bonds is 3. The number of fused-ring (bicyclic) bond motifs is 2. The zero-order valence-corrected chi connectivity index (χ0v) is 13.9. The first-order valence-electron chi connectivity index (χ1n) is 7.49. The second-order valence-electron chi connectivity index (χ2n) is 5.52. The van der Waals surface area contributed by atoms with Gasteiger partial charge >= 0.3 is 0 Å². The molecule has 2 aromatic carbocycles. The minimum absolute atomic E-state index is 0.0991. The van der Waals surface area contributed by atoms with Gasteiger partial charge in [0.2, 0.25) is 0 Å². The summed E-state index contributed by atoms with van der Waals surface area (Å²) in [6, 6.07) is 5.62. The number of benzene rings is 2. The van der Waals surface area contributed by atoms with Crippen LogP contribution in [0.4, 0.5) is 0 Å². The van der Waals surface area contributed by atoms with Crippen LogP contribution in [-0.2, 0) is 4.74 Å². The summed E-state index contributed by atoms with van der Waals surface area (Å²) in [6.45, 7) is 3.66. The highest BCUT2D eigenvalue weighted by Gasteiger charge is 2.37. The van der Waals surface area contributed by atoms with Crippen LogP contribution in [0.1, 0.15) is 35.9 Å². The third-order valence-corrected chi connectivity index (χ3v) is 4.30. The molecule has 3 rings (SSSR count). The molecule has 0 aromatic heterocycles. The Bertz CT molecular complexity index is 781. The van der Waals surface area contributed by atoms with Crippen molar-refractivity contribution in [3.8, 4) is 17.2 Å². The molecule has 2 atom stereocenters. The number of ketones is 1. The van der Waals surface area contributed by atoms with Crippen molar-refractivity contribution in [2.24, 2.45) is 0 Å². The molecule has 0 unspecified atom stereocenters. The van der Waals surface area contributed by atoms with Crippen LogP contribution in [0.2, 0.25) is 0 Å². The Morgan fingerprint density at radius 2 is 1.65 bits per heavy atom. The number of methoxy groups -OCH3 is 3. The summed E-state index contributed by atoms with van der Waals surface area (Å²) in [4.78, 5) is 12.7. The Labute approximate surface area is 135 Å². The van der Waals surface area contributed by atoms with E-state index in [0.29, 0.717) is 28.4 Å². The molecule has 1 aliphatic heterocycles. The van der Waals surface area contributed by atoms with Gasteiger partial charge in [-0.15, -0.1) is 0 Å². The van der Waals surface area contributed by atoms with Gasteiger partial charge < -0.3 is 18.9 Å². The number of hydrogen-bond donors (Lipinski definition) is 0. The van der Waals surface area contributed by atoms with Crippen LogP contribution in [-0.4, -0.2) is 33.2 Å². The van der Waals surface area contributed by atoms with Crippen molar-refractivity contribution >= 4 is 16.6 Å². The second kappa shape index (κ2) is 5.74. The van der Waals surface area contributed by atoms with Crippen LogP contribution >= 0.6 is 0 Å². The Balaban J connectivity index is 2.53. The van der Waals surface area contributed by atoms with E-state index >= 15 is 0 Å². The summed E-state index contributed by atoms with van der Waals surface area (Å²) in [6.07, 6.45) is -0.796. The summed E-state index contributed by atoms with van der Waals surface area (Å²) in [5.41, 5.74) is 1.25. The smallest absolute Gasteiger partial charge is 0.195 e. The first-order chi connectivity index (χ1) is 11.0. The van der Waals surface area contributed by atoms with Crippen LogP contribution in [0.5, 0.6) is 17.2 Å². The van der Waals surface area contributed by atoms with E-state index in [0.717, 1.165) is 10.8 Å². The topological polar surface area (TPSA) is 54.0 Å². The summed E-state index contributed by atoms with van der Waals surface area (Å²) >= 11 is 0. The van der Waals surface area contributed by atoms with Crippen molar-refractivity contribution in [2.75, 3.05) is 21.3 Å². The van der Waals surface area contributed by atoms with E-state index < -0.39 is 6.10 Å². The highest BCUT2D eigenvalue weighted by atomic mass is 16.5. The maximum absolute atomic E-state index is 12.7. The monoisotopic (exact) mass is 316 g/mol. The van der Waals surface area contributed by atoms with E-state index in [-0.39, 0.29) is 11.9 Å². The number of ether oxygens (including phenoxy) is 4. The first kappa shape index (κ1) is 15.6. The molecule has 0 amide bonds. The maximum Gasteiger partial charge on any atom is 0.195 e. The lowest BCUT2D eigenvalue weighted by atomic mass is 9.88. The summed E-state index contributed by atoms with van der Waals surface area (Å²) < 4.78 is 22.5. The number of carbonyl (C=O) groups is 1. The Kier molecular flexibility index (Phi) is 3.90. The van der Waals surface area contributed by atoms with E-state index in [1.54, 1.807) is 28.3 Å². The fraction of sp³-hybridized carbons (Fsp3) is 0.389. The Morgan fingerprint density at radius 3 is 2.26 bits per heavy atom. The van der Waals surface area contributed by atoms with Gasteiger partial charge in [0.05, 0.1) is 38.4 Å². The predicted octanol–water partition coefficient (Wildman–Crippen LogP) is 3.53. The molecule has 1 aliphatic rings. The van der Waals surface area contributed by atoms with E-state index in [1.165, 1.54) is 0 Å². The standard InChI is InChI=1S/C18H20O5/c1-9-13-15(16(19)10(2)23-9)17(21-4)11-7-6-8-12(20-3)14(11)18(13)22-5/h6-10H,1-5H3/t9-,10+/m0/s1. The van der Waals surface area contributed by atoms with Gasteiger partial charge in [-0.3, -0.25) is 4.79 Å². The third-order valence-electron chi connectivity index (χ3n) is 4.30. The molecule has 23 heavy (non-hydrogen) atoms. The van der Waals surface area contributed by atoms with E-state index in [2.05, 4.69) is 0 Å². The van der Waals surface area contributed by atoms with Crippen LogP contribution in [0.25, 0.3) is 10.8 Å². The lowest BCUT2D eigenvalue weighted by Crippen LogP contribution is -2.30. The molecule has 1 heterocycles. The molecule has 5 nitrogen and oxygen atoms in total. The molecule has 0 fully saturated rings. The minimum atomic E-state index is -0.515. The highest BCUT2D eigenvalue weighted by Crippen LogP contribution is 2.49. The molecule has 0 saturated carbocycles. The van der Waals surface area contributed by atoms with Crippen molar-refractivity contribution < 1.29 is 23.7 Å². The van der Waals surface area contributed by atoms with Crippen molar-refractivity contribution in [1.29, 1.82) is 0 Å². The van der Waals surface area contributed by atoms with Crippen LogP contribution in [0.3, 0.4) is 0 Å². The van der Waals surface area contributed by atoms with Crippen molar-refractivity contribution in [3.05, 3.63) is 29.3 Å². The lowest BCUT2D eigenvalue weighted by molar-refractivity contribution is 0.00185. The van der Waals surface area contributed by atoms with Crippen molar-refractivity contribution in [1.82, 2.24) is 0 Å². The van der Waals surface area contributed by atoms with E-state index in [9.17, 15) is 4.79 Å². The van der Waals surface area contributed by atoms with Crippen LogP contribution in [0, 0.1) is 0 Å². The van der Waals surface area contributed by atoms with Gasteiger partial charge in [0.25, 0.3) is 0 Å². The van der Waals surface area contributed by atoms with Gasteiger partial charge in [-0.2, -0.15) is 0 Å². The fourth-order valence-electron chi connectivity index (χ4n) is 3.33. The number of carbonyl (C=O) groups excluding carboxylic acids is 1. The first-order valence-corrected chi connectivity index (χ1v) is 7.49. The van der Waals surface area contributed by atoms with Crippen molar-refractivity contribution in [3.63, 3.8) is 0 Å². The highest BCUT2D eigenvalue weighted by molar-refractivity contribution is 6.12. The molecular weight excluding hydrogens is 296 g/mol. The fourth-order valence-corrected chi connectivity index (χ4v) is 3.33. The Hall–Kier alpha value is -2.27. The Morgan fingerprint density at radius 1 is 0.957 bits per heavy atom. The SMILES string of the molecule is COc1c2c(c(OC)c3c(OC)cccc13)[C@H](C)O[C@H](C)C2=O. The number of Topliss-reactive ketones (excluding diaryl/α,β-unsaturated/α-hetero) is 1. The van der Waals surface area contributed by atoms with Gasteiger partial charge in [-0.25, -0.2) is 0 Å². The molecule has 0 saturated heterocycles. The molecule has 0 spiro atoms. The number of hydrogen-bond acceptors (Lipinski definition) is 5. The zero-order chi connectivity index (χ0) is 16.7. The normalized spacial score (nSPS) is 20.3. The predicted molar refractivity (Wildman–Crippen MR) is 86.9 cm³/mol. The van der Waals surface area contributed by atoms with Crippen LogP contribution in [0.15, 0.2) is 18.2 Å². The largest absolute Gasteiger partial charge is 0.496 e. The van der Waals surface area contributed by atoms with Crippen LogP contribution < -0.4 is 14.2 Å². The third kappa shape index (κ3) is 2.15. The molecule has 2 aromatic rings. The van der Waals surface area contributed by atoms with Gasteiger partial charge in [-0.1, -0.05) is 12.1 Å². The van der Waals surface area contributed by atoms with E-state index in [4.69, 9.17) is 18.9 Å². The summed E-state index contributed by atoms with van der Waals surface area (Å²) in [7, 11) is 4.76. The van der Waals surface area contributed by atoms with Gasteiger partial charge in [-0.05, 0) is 19.9 Å². The molecular formula is C18H20O5. The molecule has 0 radical (unpaired) electrons. The zero-order valence-electron chi connectivity index (χ0n) is 13.9. The molecule has 5 heteroatoms. The van der Waals surface area contributed by atoms with Crippen molar-refractivity contribution in [2.45, 2.75) is 26.1 Å². The average molecular weight is 316 g/mol. The summed E-state index contributed by atoms with van der Waals surface area (Å²) in [5.74, 6) is 1.71. The second-order valence-corrected chi connectivity index (χ2v) is 5.52. The molecule has 0 aliphatic carbocycles. The maximum atomic E-state index is 12.7. The lowest BCUT2D eigenvalue weighted by Gasteiger charge is -2.31. The average Bonchev–Trinajstić information content (AvgIpc) is 2.56. The van der Waals surface area contributed by atoms with Gasteiger partial charge in [0, 0.05) is 10.9 Å². The minimum Gasteiger partial charge on any atom is -0.496 e. The molecule has 0 N–H and O–H groups in total. The van der Waals surface area contributed by atoms with Gasteiger partial charge in [0.1, 0.15) is 23.4 Å². The van der Waals surface area contributed by atoms with Gasteiger partial charge in [0.15, 0.2) is 5.78 Å². The van der Waals surface area contributed by atoms with E-state index in [1.807, 2.05) is 25.1 Å².